The lowest BCUT2D eigenvalue weighted by Crippen LogP contribution is -2.44. The van der Waals surface area contributed by atoms with Gasteiger partial charge in [-0.05, 0) is 18.8 Å². The van der Waals surface area contributed by atoms with E-state index in [1.807, 2.05) is 13.8 Å². The lowest BCUT2D eigenvalue weighted by Gasteiger charge is -2.29. The summed E-state index contributed by atoms with van der Waals surface area (Å²) < 4.78 is 39.9. The van der Waals surface area contributed by atoms with Gasteiger partial charge < -0.3 is 10.8 Å². The molecule has 3 nitrogen and oxygen atoms in total. The molecule has 7 heteroatoms. The van der Waals surface area contributed by atoms with E-state index >= 15 is 0 Å². The molecule has 0 amide bonds. The summed E-state index contributed by atoms with van der Waals surface area (Å²) in [6, 6.07) is -0.651. The highest BCUT2D eigenvalue weighted by atomic mass is 35.5. The van der Waals surface area contributed by atoms with Crippen molar-refractivity contribution in [2.75, 3.05) is 0 Å². The maximum absolute atomic E-state index is 12.0. The summed E-state index contributed by atoms with van der Waals surface area (Å²) in [7, 11) is 0. The first-order valence-electron chi connectivity index (χ1n) is 5.35. The van der Waals surface area contributed by atoms with Gasteiger partial charge in [0.15, 0.2) is 0 Å². The largest absolute Gasteiger partial charge is 0.522 e. The van der Waals surface area contributed by atoms with Crippen LogP contribution < -0.4 is 5.73 Å². The maximum Gasteiger partial charge on any atom is 0.522 e. The number of nitrogens with two attached hydrogens (primary N) is 1. The van der Waals surface area contributed by atoms with Crippen LogP contribution in [0.5, 0.6) is 0 Å². The fraction of sp³-hybridized carbons (Fsp3) is 1.00. The summed E-state index contributed by atoms with van der Waals surface area (Å²) in [5.74, 6) is 0.181. The van der Waals surface area contributed by atoms with Crippen LogP contribution in [0, 0.1) is 5.92 Å². The summed E-state index contributed by atoms with van der Waals surface area (Å²) in [5, 5.41) is 10.1. The van der Waals surface area contributed by atoms with Crippen LogP contribution >= 0.6 is 12.4 Å². The molecule has 0 spiro atoms. The van der Waals surface area contributed by atoms with Crippen LogP contribution in [0.2, 0.25) is 0 Å². The Labute approximate surface area is 105 Å². The zero-order chi connectivity index (χ0) is 12.6. The van der Waals surface area contributed by atoms with Crippen LogP contribution in [0.4, 0.5) is 13.2 Å². The van der Waals surface area contributed by atoms with Crippen molar-refractivity contribution in [3.05, 3.63) is 0 Å². The van der Waals surface area contributed by atoms with Crippen LogP contribution in [0.25, 0.3) is 0 Å². The summed E-state index contributed by atoms with van der Waals surface area (Å²) in [6.45, 7) is 3.78. The zero-order valence-corrected chi connectivity index (χ0v) is 10.6. The van der Waals surface area contributed by atoms with Crippen molar-refractivity contribution in [1.29, 1.82) is 0 Å². The maximum atomic E-state index is 12.0. The van der Waals surface area contributed by atoms with E-state index in [1.54, 1.807) is 0 Å². The van der Waals surface area contributed by atoms with Gasteiger partial charge in [0, 0.05) is 12.5 Å². The minimum atomic E-state index is -4.66. The van der Waals surface area contributed by atoms with Crippen molar-refractivity contribution in [2.24, 2.45) is 11.7 Å². The molecule has 0 unspecified atom stereocenters. The highest BCUT2D eigenvalue weighted by Crippen LogP contribution is 2.38. The van der Waals surface area contributed by atoms with Crippen LogP contribution in [0.15, 0.2) is 0 Å². The first-order chi connectivity index (χ1) is 7.12. The summed E-state index contributed by atoms with van der Waals surface area (Å²) >= 11 is 0. The lowest BCUT2D eigenvalue weighted by molar-refractivity contribution is -0.342. The quantitative estimate of drug-likeness (QED) is 0.832. The first kappa shape index (κ1) is 17.0. The van der Waals surface area contributed by atoms with Gasteiger partial charge in [0.1, 0.15) is 0 Å². The molecule has 0 bridgehead atoms. The van der Waals surface area contributed by atoms with Gasteiger partial charge in [0.05, 0.1) is 11.7 Å². The van der Waals surface area contributed by atoms with E-state index < -0.39 is 24.1 Å². The predicted octanol–water partition coefficient (Wildman–Crippen LogP) is 2.21. The number of rotatable bonds is 3. The van der Waals surface area contributed by atoms with E-state index in [4.69, 9.17) is 5.73 Å². The first-order valence-corrected chi connectivity index (χ1v) is 5.35. The highest BCUT2D eigenvalue weighted by molar-refractivity contribution is 5.85. The van der Waals surface area contributed by atoms with Crippen molar-refractivity contribution < 1.29 is 23.0 Å². The fourth-order valence-corrected chi connectivity index (χ4v) is 2.35. The van der Waals surface area contributed by atoms with Gasteiger partial charge >= 0.3 is 6.36 Å². The average molecular weight is 278 g/mol. The van der Waals surface area contributed by atoms with Crippen molar-refractivity contribution >= 4 is 12.4 Å². The molecule has 1 aliphatic carbocycles. The van der Waals surface area contributed by atoms with Gasteiger partial charge in [-0.2, -0.15) is 0 Å². The molecular weight excluding hydrogens is 259 g/mol. The van der Waals surface area contributed by atoms with E-state index in [0.29, 0.717) is 6.42 Å². The second-order valence-corrected chi connectivity index (χ2v) is 4.93. The summed E-state index contributed by atoms with van der Waals surface area (Å²) in [5.41, 5.74) is 4.44. The molecular formula is C10H19ClF3NO2. The summed E-state index contributed by atoms with van der Waals surface area (Å²) in [6.07, 6.45) is -5.30. The minimum absolute atomic E-state index is 0. The third-order valence-electron chi connectivity index (χ3n) is 2.85. The van der Waals surface area contributed by atoms with Gasteiger partial charge in [-0.1, -0.05) is 13.8 Å². The molecule has 0 heterocycles. The molecule has 3 atom stereocenters. The third kappa shape index (κ3) is 4.99. The molecule has 17 heavy (non-hydrogen) atoms. The summed E-state index contributed by atoms with van der Waals surface area (Å²) in [4.78, 5) is 0. The van der Waals surface area contributed by atoms with Crippen LogP contribution in [-0.4, -0.2) is 29.2 Å². The van der Waals surface area contributed by atoms with Gasteiger partial charge in [-0.3, -0.25) is 4.74 Å². The number of aliphatic hydroxyl groups is 1. The number of ether oxygens (including phenoxy) is 1. The molecule has 0 aromatic heterocycles. The molecule has 0 saturated heterocycles. The number of hydrogen-bond donors (Lipinski definition) is 2. The number of hydrogen-bond acceptors (Lipinski definition) is 3. The van der Waals surface area contributed by atoms with E-state index in [0.717, 1.165) is 0 Å². The van der Waals surface area contributed by atoms with Crippen LogP contribution in [-0.2, 0) is 4.74 Å². The van der Waals surface area contributed by atoms with E-state index in [9.17, 15) is 18.3 Å². The third-order valence-corrected chi connectivity index (χ3v) is 2.85. The molecule has 1 aliphatic rings. The molecule has 0 aromatic carbocycles. The van der Waals surface area contributed by atoms with Crippen molar-refractivity contribution in [3.63, 3.8) is 0 Å². The van der Waals surface area contributed by atoms with E-state index in [2.05, 4.69) is 4.74 Å². The Hall–Kier alpha value is -0.0400. The van der Waals surface area contributed by atoms with E-state index in [1.165, 1.54) is 0 Å². The number of alkyl halides is 3. The smallest absolute Gasteiger partial charge is 0.388 e. The zero-order valence-electron chi connectivity index (χ0n) is 9.83. The highest BCUT2D eigenvalue weighted by Gasteiger charge is 2.48. The SMILES string of the molecule is CC(C)C[C@]1(O)C[C@@H](OC(F)(F)F)C[C@@H]1N.Cl. The Morgan fingerprint density at radius 1 is 1.47 bits per heavy atom. The van der Waals surface area contributed by atoms with Gasteiger partial charge in [0.25, 0.3) is 0 Å². The Balaban J connectivity index is 0.00000256. The molecule has 1 fully saturated rings. The Morgan fingerprint density at radius 2 is 2.00 bits per heavy atom. The Bertz CT molecular complexity index is 250. The van der Waals surface area contributed by atoms with Gasteiger partial charge in [0.2, 0.25) is 0 Å². The van der Waals surface area contributed by atoms with Gasteiger partial charge in [-0.15, -0.1) is 25.6 Å². The minimum Gasteiger partial charge on any atom is -0.388 e. The molecule has 0 radical (unpaired) electrons. The second-order valence-electron chi connectivity index (χ2n) is 4.93. The molecule has 0 aliphatic heterocycles. The topological polar surface area (TPSA) is 55.5 Å². The van der Waals surface area contributed by atoms with Gasteiger partial charge in [-0.25, -0.2) is 0 Å². The fourth-order valence-electron chi connectivity index (χ4n) is 2.35. The normalized spacial score (nSPS) is 33.9. The monoisotopic (exact) mass is 277 g/mol. The standard InChI is InChI=1S/C10H18F3NO2.ClH/c1-6(2)4-9(15)5-7(3-8(9)14)16-10(11,12)13;/h6-8,15H,3-5,14H2,1-2H3;1H/t7-,8-,9-;/m0./s1. The van der Waals surface area contributed by atoms with Crippen LogP contribution in [0.3, 0.4) is 0 Å². The average Bonchev–Trinajstić information content (AvgIpc) is 2.20. The molecule has 104 valence electrons. The predicted molar refractivity (Wildman–Crippen MR) is 59.8 cm³/mol. The van der Waals surface area contributed by atoms with Crippen molar-refractivity contribution in [2.45, 2.75) is 57.2 Å². The molecule has 1 saturated carbocycles. The molecule has 3 N–H and O–H groups in total. The second kappa shape index (κ2) is 5.73. The number of halogens is 4. The molecule has 1 rings (SSSR count). The van der Waals surface area contributed by atoms with Crippen LogP contribution in [0.1, 0.15) is 33.1 Å². The van der Waals surface area contributed by atoms with E-state index in [-0.39, 0.29) is 31.2 Å². The lowest BCUT2D eigenvalue weighted by atomic mass is 9.88. The van der Waals surface area contributed by atoms with Crippen molar-refractivity contribution in [1.82, 2.24) is 0 Å². The van der Waals surface area contributed by atoms with Crippen molar-refractivity contribution in [3.8, 4) is 0 Å². The Kier molecular flexibility index (Phi) is 5.72. The Morgan fingerprint density at radius 3 is 2.41 bits per heavy atom. The molecule has 0 aromatic rings.